The van der Waals surface area contributed by atoms with Gasteiger partial charge in [-0.3, -0.25) is 4.79 Å². The number of nitrogens with one attached hydrogen (secondary N) is 1. The molecule has 1 aliphatic rings. The predicted molar refractivity (Wildman–Crippen MR) is 101 cm³/mol. The molecule has 1 aliphatic heterocycles. The van der Waals surface area contributed by atoms with Gasteiger partial charge in [0.05, 0.1) is 6.10 Å². The number of carbonyl (C=O) groups is 1. The summed E-state index contributed by atoms with van der Waals surface area (Å²) in [6.07, 6.45) is -0.577. The highest BCUT2D eigenvalue weighted by atomic mass is 31.2. The summed E-state index contributed by atoms with van der Waals surface area (Å²) in [5.41, 5.74) is 0. The number of hydrogen-bond acceptors (Lipinski definition) is 7. The van der Waals surface area contributed by atoms with E-state index >= 15 is 0 Å². The van der Waals surface area contributed by atoms with Gasteiger partial charge in [-0.1, -0.05) is 0 Å². The maximum absolute atomic E-state index is 14.1. The standard InChI is InChI=1S/C19H17F5NO7P/c1-8(2)30-19(26)9(3)25-33(27,31-10-4-5-11-12(6-10)29-7-28-11)32-18-16(23)14(21)13(20)15(22)17(18)24/h4-6,8-9H,7H2,1-3H3,(H,25,27)/t9-,33?/m0/s1. The fraction of sp³-hybridized carbons (Fsp3) is 0.316. The second-order valence-corrected chi connectivity index (χ2v) is 8.55. The minimum Gasteiger partial charge on any atom is -0.462 e. The molecule has 0 saturated carbocycles. The molecule has 0 fully saturated rings. The molecule has 1 unspecified atom stereocenters. The summed E-state index contributed by atoms with van der Waals surface area (Å²) < 4.78 is 107. The molecule has 180 valence electrons. The lowest BCUT2D eigenvalue weighted by molar-refractivity contribution is -0.149. The summed E-state index contributed by atoms with van der Waals surface area (Å²) in [6.45, 7) is 4.09. The van der Waals surface area contributed by atoms with Crippen LogP contribution in [0, 0.1) is 29.1 Å². The van der Waals surface area contributed by atoms with Crippen LogP contribution in [0.3, 0.4) is 0 Å². The van der Waals surface area contributed by atoms with Crippen molar-refractivity contribution in [2.45, 2.75) is 32.9 Å². The summed E-state index contributed by atoms with van der Waals surface area (Å²) in [5, 5.41) is 2.06. The molecule has 33 heavy (non-hydrogen) atoms. The van der Waals surface area contributed by atoms with E-state index in [9.17, 15) is 31.3 Å². The van der Waals surface area contributed by atoms with Crippen LogP contribution in [0.5, 0.6) is 23.0 Å². The van der Waals surface area contributed by atoms with Crippen LogP contribution in [0.25, 0.3) is 0 Å². The lowest BCUT2D eigenvalue weighted by Crippen LogP contribution is -2.37. The minimum absolute atomic E-state index is 0.117. The van der Waals surface area contributed by atoms with E-state index < -0.39 is 60.7 Å². The Morgan fingerprint density at radius 1 is 0.939 bits per heavy atom. The van der Waals surface area contributed by atoms with Crippen molar-refractivity contribution >= 4 is 13.7 Å². The highest BCUT2D eigenvalue weighted by molar-refractivity contribution is 7.52. The molecule has 2 aromatic carbocycles. The van der Waals surface area contributed by atoms with Crippen LogP contribution >= 0.6 is 7.75 Å². The Morgan fingerprint density at radius 2 is 1.52 bits per heavy atom. The van der Waals surface area contributed by atoms with E-state index in [1.165, 1.54) is 32.0 Å². The normalized spacial score (nSPS) is 15.2. The molecule has 0 radical (unpaired) electrons. The van der Waals surface area contributed by atoms with E-state index in [1.54, 1.807) is 0 Å². The molecule has 1 heterocycles. The van der Waals surface area contributed by atoms with E-state index in [2.05, 4.69) is 9.61 Å². The van der Waals surface area contributed by atoms with Crippen molar-refractivity contribution in [3.05, 3.63) is 47.3 Å². The number of esters is 1. The van der Waals surface area contributed by atoms with Crippen LogP contribution in [0.2, 0.25) is 0 Å². The fourth-order valence-corrected chi connectivity index (χ4v) is 4.07. The monoisotopic (exact) mass is 497 g/mol. The average Bonchev–Trinajstić information content (AvgIpc) is 3.21. The first-order valence-electron chi connectivity index (χ1n) is 9.30. The fourth-order valence-electron chi connectivity index (χ4n) is 2.55. The van der Waals surface area contributed by atoms with Crippen LogP contribution in [0.1, 0.15) is 20.8 Å². The number of halogens is 5. The van der Waals surface area contributed by atoms with Crippen molar-refractivity contribution in [2.75, 3.05) is 6.79 Å². The zero-order valence-corrected chi connectivity index (χ0v) is 18.2. The number of benzene rings is 2. The molecule has 0 bridgehead atoms. The van der Waals surface area contributed by atoms with Gasteiger partial charge in [-0.2, -0.15) is 13.9 Å². The van der Waals surface area contributed by atoms with Gasteiger partial charge in [0.15, 0.2) is 11.5 Å². The van der Waals surface area contributed by atoms with Crippen LogP contribution in [0.4, 0.5) is 22.0 Å². The Kier molecular flexibility index (Phi) is 7.03. The zero-order chi connectivity index (χ0) is 24.5. The van der Waals surface area contributed by atoms with Gasteiger partial charge in [0.2, 0.25) is 41.6 Å². The summed E-state index contributed by atoms with van der Waals surface area (Å²) in [4.78, 5) is 12.1. The number of hydrogen-bond donors (Lipinski definition) is 1. The van der Waals surface area contributed by atoms with Gasteiger partial charge >= 0.3 is 13.7 Å². The Morgan fingerprint density at radius 3 is 2.12 bits per heavy atom. The Balaban J connectivity index is 1.98. The van der Waals surface area contributed by atoms with Crippen molar-refractivity contribution in [3.63, 3.8) is 0 Å². The molecule has 0 saturated heterocycles. The summed E-state index contributed by atoms with van der Waals surface area (Å²) in [5.74, 6) is -14.5. The first kappa shape index (κ1) is 24.6. The molecular formula is C19H17F5NO7P. The first-order chi connectivity index (χ1) is 15.4. The van der Waals surface area contributed by atoms with Crippen molar-refractivity contribution in [3.8, 4) is 23.0 Å². The second-order valence-electron chi connectivity index (χ2n) is 6.93. The van der Waals surface area contributed by atoms with Gasteiger partial charge < -0.3 is 23.3 Å². The molecule has 0 amide bonds. The molecular weight excluding hydrogens is 480 g/mol. The van der Waals surface area contributed by atoms with Crippen LogP contribution < -0.4 is 23.6 Å². The lowest BCUT2D eigenvalue weighted by Gasteiger charge is -2.24. The van der Waals surface area contributed by atoms with Crippen molar-refractivity contribution in [1.29, 1.82) is 0 Å². The van der Waals surface area contributed by atoms with Crippen LogP contribution in [0.15, 0.2) is 18.2 Å². The highest BCUT2D eigenvalue weighted by Crippen LogP contribution is 2.49. The molecule has 8 nitrogen and oxygen atoms in total. The third-order valence-electron chi connectivity index (χ3n) is 4.01. The van der Waals surface area contributed by atoms with Gasteiger partial charge in [0.1, 0.15) is 11.8 Å². The average molecular weight is 497 g/mol. The van der Waals surface area contributed by atoms with Crippen molar-refractivity contribution < 1.29 is 54.6 Å². The molecule has 2 aromatic rings. The number of fused-ring (bicyclic) bond motifs is 1. The second kappa shape index (κ2) is 9.44. The van der Waals surface area contributed by atoms with Gasteiger partial charge in [0.25, 0.3) is 0 Å². The van der Waals surface area contributed by atoms with E-state index in [-0.39, 0.29) is 18.3 Å². The third kappa shape index (κ3) is 5.31. The Labute approximate surface area is 184 Å². The van der Waals surface area contributed by atoms with Gasteiger partial charge in [-0.05, 0) is 32.9 Å². The number of rotatable bonds is 8. The summed E-state index contributed by atoms with van der Waals surface area (Å²) >= 11 is 0. The van der Waals surface area contributed by atoms with Crippen LogP contribution in [-0.4, -0.2) is 24.9 Å². The highest BCUT2D eigenvalue weighted by Gasteiger charge is 2.38. The number of ether oxygens (including phenoxy) is 3. The van der Waals surface area contributed by atoms with E-state index in [4.69, 9.17) is 18.7 Å². The van der Waals surface area contributed by atoms with E-state index in [0.29, 0.717) is 5.75 Å². The SMILES string of the molecule is CC(C)OC(=O)[C@H](C)NP(=O)(Oc1ccc2c(c1)OCO2)Oc1c(F)c(F)c(F)c(F)c1F. The van der Waals surface area contributed by atoms with Gasteiger partial charge in [-0.15, -0.1) is 0 Å². The smallest absolute Gasteiger partial charge is 0.462 e. The molecule has 14 heteroatoms. The topological polar surface area (TPSA) is 92.3 Å². The van der Waals surface area contributed by atoms with Crippen molar-refractivity contribution in [1.82, 2.24) is 5.09 Å². The molecule has 1 N–H and O–H groups in total. The quantitative estimate of drug-likeness (QED) is 0.186. The molecule has 0 aromatic heterocycles. The first-order valence-corrected chi connectivity index (χ1v) is 10.8. The molecule has 0 aliphatic carbocycles. The van der Waals surface area contributed by atoms with Gasteiger partial charge in [-0.25, -0.2) is 17.7 Å². The molecule has 0 spiro atoms. The van der Waals surface area contributed by atoms with E-state index in [0.717, 1.165) is 6.92 Å². The van der Waals surface area contributed by atoms with Crippen LogP contribution in [-0.2, 0) is 14.1 Å². The van der Waals surface area contributed by atoms with E-state index in [1.807, 2.05) is 0 Å². The molecule has 3 rings (SSSR count). The maximum Gasteiger partial charge on any atom is 0.513 e. The van der Waals surface area contributed by atoms with Gasteiger partial charge in [0, 0.05) is 6.07 Å². The molecule has 2 atom stereocenters. The third-order valence-corrected chi connectivity index (χ3v) is 5.59. The Hall–Kier alpha value is -3.05. The lowest BCUT2D eigenvalue weighted by atomic mass is 10.3. The van der Waals surface area contributed by atoms with Crippen molar-refractivity contribution in [2.24, 2.45) is 0 Å². The minimum atomic E-state index is -5.03. The summed E-state index contributed by atoms with van der Waals surface area (Å²) in [6, 6.07) is 2.28. The number of carbonyl (C=O) groups excluding carboxylic acids is 1. The largest absolute Gasteiger partial charge is 0.513 e. The Bertz CT molecular complexity index is 1100. The maximum atomic E-state index is 14.1. The summed E-state index contributed by atoms with van der Waals surface area (Å²) in [7, 11) is -5.03. The zero-order valence-electron chi connectivity index (χ0n) is 17.3. The predicted octanol–water partition coefficient (Wildman–Crippen LogP) is 4.61.